The molecule has 2 aromatic carbocycles. The van der Waals surface area contributed by atoms with Crippen LogP contribution >= 0.6 is 15.9 Å². The smallest absolute Gasteiger partial charge is 0.321 e. The number of hydrogen-bond donors (Lipinski definition) is 1. The highest BCUT2D eigenvalue weighted by atomic mass is 79.9. The molecule has 0 unspecified atom stereocenters. The van der Waals surface area contributed by atoms with Gasteiger partial charge in [0.25, 0.3) is 15.9 Å². The molecule has 3 rings (SSSR count). The largest absolute Gasteiger partial charge is 0.424 e. The number of nitrogens with zero attached hydrogens (tertiary/aromatic N) is 2. The molecule has 0 fully saturated rings. The number of carbonyl (C=O) groups excluding carboxylic acids is 1. The average Bonchev–Trinajstić information content (AvgIpc) is 2.63. The zero-order chi connectivity index (χ0) is 18.6. The summed E-state index contributed by atoms with van der Waals surface area (Å²) in [5, 5.41) is 0. The van der Waals surface area contributed by atoms with Crippen molar-refractivity contribution >= 4 is 31.9 Å². The Morgan fingerprint density at radius 2 is 1.62 bits per heavy atom. The molecule has 9 heteroatoms. The van der Waals surface area contributed by atoms with Crippen molar-refractivity contribution in [3.63, 3.8) is 0 Å². The third kappa shape index (κ3) is 4.24. The first kappa shape index (κ1) is 18.0. The molecule has 0 atom stereocenters. The predicted octanol–water partition coefficient (Wildman–Crippen LogP) is 3.15. The fourth-order valence-electron chi connectivity index (χ4n) is 2.02. The Morgan fingerprint density at radius 3 is 2.27 bits per heavy atom. The first-order valence-corrected chi connectivity index (χ1v) is 9.60. The van der Waals surface area contributed by atoms with Crippen LogP contribution in [0.4, 0.5) is 0 Å². The van der Waals surface area contributed by atoms with Crippen molar-refractivity contribution in [3.8, 4) is 11.8 Å². The number of nitrogens with one attached hydrogen (secondary N) is 1. The first-order valence-electron chi connectivity index (χ1n) is 7.32. The predicted molar refractivity (Wildman–Crippen MR) is 97.3 cm³/mol. The minimum Gasteiger partial charge on any atom is -0.424 e. The van der Waals surface area contributed by atoms with Crippen molar-refractivity contribution in [3.05, 3.63) is 77.0 Å². The number of aromatic nitrogens is 2. The SMILES string of the molecule is O=C(NS(=O)(=O)c1ccccc1Br)c1ccc(Oc2ncccn2)cc1. The van der Waals surface area contributed by atoms with E-state index in [1.54, 1.807) is 24.3 Å². The van der Waals surface area contributed by atoms with E-state index in [9.17, 15) is 13.2 Å². The van der Waals surface area contributed by atoms with Gasteiger partial charge in [0.05, 0.1) is 0 Å². The van der Waals surface area contributed by atoms with Crippen LogP contribution in [0.5, 0.6) is 11.8 Å². The summed E-state index contributed by atoms with van der Waals surface area (Å²) in [5.41, 5.74) is 0.168. The van der Waals surface area contributed by atoms with E-state index in [1.807, 2.05) is 4.72 Å². The number of amides is 1. The van der Waals surface area contributed by atoms with Gasteiger partial charge in [-0.05, 0) is 58.4 Å². The zero-order valence-electron chi connectivity index (χ0n) is 13.2. The van der Waals surface area contributed by atoms with Gasteiger partial charge in [0, 0.05) is 22.4 Å². The summed E-state index contributed by atoms with van der Waals surface area (Å²) in [6.45, 7) is 0. The van der Waals surface area contributed by atoms with Crippen molar-refractivity contribution < 1.29 is 17.9 Å². The standard InChI is InChI=1S/C17H12BrN3O4S/c18-14-4-1-2-5-15(14)26(23,24)21-16(22)12-6-8-13(9-7-12)25-17-19-10-3-11-20-17/h1-11H,(H,21,22). The Hall–Kier alpha value is -2.78. The van der Waals surface area contributed by atoms with Crippen LogP contribution in [-0.2, 0) is 10.0 Å². The van der Waals surface area contributed by atoms with E-state index in [-0.39, 0.29) is 16.5 Å². The number of sulfonamides is 1. The molecule has 1 heterocycles. The maximum Gasteiger partial charge on any atom is 0.321 e. The van der Waals surface area contributed by atoms with E-state index in [1.165, 1.54) is 42.7 Å². The molecule has 0 radical (unpaired) electrons. The van der Waals surface area contributed by atoms with Crippen LogP contribution in [0.3, 0.4) is 0 Å². The normalized spacial score (nSPS) is 11.0. The van der Waals surface area contributed by atoms with Gasteiger partial charge in [0.2, 0.25) is 0 Å². The highest BCUT2D eigenvalue weighted by Crippen LogP contribution is 2.22. The Kier molecular flexibility index (Phi) is 5.29. The van der Waals surface area contributed by atoms with Crippen LogP contribution < -0.4 is 9.46 Å². The quantitative estimate of drug-likeness (QED) is 0.663. The molecule has 132 valence electrons. The van der Waals surface area contributed by atoms with Gasteiger partial charge in [0.1, 0.15) is 10.6 Å². The van der Waals surface area contributed by atoms with E-state index in [2.05, 4.69) is 25.9 Å². The van der Waals surface area contributed by atoms with E-state index in [0.717, 1.165) is 0 Å². The minimum absolute atomic E-state index is 0.0190. The fourth-order valence-corrected chi connectivity index (χ4v) is 3.99. The Balaban J connectivity index is 1.73. The third-order valence-electron chi connectivity index (χ3n) is 3.22. The van der Waals surface area contributed by atoms with Crippen LogP contribution in [-0.4, -0.2) is 24.3 Å². The molecule has 0 spiro atoms. The summed E-state index contributed by atoms with van der Waals surface area (Å²) < 4.78 is 32.5. The van der Waals surface area contributed by atoms with Crippen molar-refractivity contribution in [1.29, 1.82) is 0 Å². The lowest BCUT2D eigenvalue weighted by atomic mass is 10.2. The lowest BCUT2D eigenvalue weighted by Crippen LogP contribution is -2.30. The summed E-state index contributed by atoms with van der Waals surface area (Å²) in [7, 11) is -3.99. The van der Waals surface area contributed by atoms with E-state index in [0.29, 0.717) is 10.2 Å². The Labute approximate surface area is 158 Å². The molecule has 0 saturated carbocycles. The summed E-state index contributed by atoms with van der Waals surface area (Å²) >= 11 is 3.16. The van der Waals surface area contributed by atoms with Gasteiger partial charge in [-0.15, -0.1) is 0 Å². The highest BCUT2D eigenvalue weighted by Gasteiger charge is 2.21. The number of ether oxygens (including phenoxy) is 1. The van der Waals surface area contributed by atoms with Gasteiger partial charge in [-0.3, -0.25) is 4.79 Å². The average molecular weight is 434 g/mol. The molecule has 26 heavy (non-hydrogen) atoms. The molecule has 0 bridgehead atoms. The van der Waals surface area contributed by atoms with Crippen LogP contribution in [0.15, 0.2) is 76.4 Å². The van der Waals surface area contributed by atoms with Crippen molar-refractivity contribution in [1.82, 2.24) is 14.7 Å². The van der Waals surface area contributed by atoms with Gasteiger partial charge in [-0.2, -0.15) is 0 Å². The minimum atomic E-state index is -3.99. The first-order chi connectivity index (χ1) is 12.5. The molecule has 7 nitrogen and oxygen atoms in total. The second kappa shape index (κ2) is 7.63. The van der Waals surface area contributed by atoms with E-state index in [4.69, 9.17) is 4.74 Å². The Morgan fingerprint density at radius 1 is 0.962 bits per heavy atom. The topological polar surface area (TPSA) is 98.2 Å². The van der Waals surface area contributed by atoms with Gasteiger partial charge >= 0.3 is 6.01 Å². The second-order valence-corrected chi connectivity index (χ2v) is 7.53. The number of halogens is 1. The third-order valence-corrected chi connectivity index (χ3v) is 5.56. The molecule has 1 N–H and O–H groups in total. The maximum absolute atomic E-state index is 12.3. The molecule has 0 aliphatic carbocycles. The molecule has 1 aromatic heterocycles. The molecular formula is C17H12BrN3O4S. The van der Waals surface area contributed by atoms with Gasteiger partial charge in [0.15, 0.2) is 0 Å². The molecule has 0 aliphatic heterocycles. The number of carbonyl (C=O) groups is 1. The fraction of sp³-hybridized carbons (Fsp3) is 0. The molecular weight excluding hydrogens is 422 g/mol. The number of hydrogen-bond acceptors (Lipinski definition) is 6. The van der Waals surface area contributed by atoms with E-state index >= 15 is 0 Å². The van der Waals surface area contributed by atoms with Crippen LogP contribution in [0.2, 0.25) is 0 Å². The monoisotopic (exact) mass is 433 g/mol. The van der Waals surface area contributed by atoms with Crippen LogP contribution in [0, 0.1) is 0 Å². The molecule has 0 aliphatic rings. The summed E-state index contributed by atoms with van der Waals surface area (Å²) in [4.78, 5) is 20.1. The molecule has 1 amide bonds. The molecule has 0 saturated heterocycles. The van der Waals surface area contributed by atoms with Crippen molar-refractivity contribution in [2.75, 3.05) is 0 Å². The van der Waals surface area contributed by atoms with Crippen molar-refractivity contribution in [2.24, 2.45) is 0 Å². The van der Waals surface area contributed by atoms with Gasteiger partial charge < -0.3 is 4.74 Å². The lowest BCUT2D eigenvalue weighted by Gasteiger charge is -2.09. The summed E-state index contributed by atoms with van der Waals surface area (Å²) in [6.07, 6.45) is 3.08. The van der Waals surface area contributed by atoms with E-state index < -0.39 is 15.9 Å². The Bertz CT molecular complexity index is 1030. The van der Waals surface area contributed by atoms with Gasteiger partial charge in [-0.1, -0.05) is 12.1 Å². The summed E-state index contributed by atoms with van der Waals surface area (Å²) in [5.74, 6) is -0.329. The summed E-state index contributed by atoms with van der Waals surface area (Å²) in [6, 6.07) is 14.0. The van der Waals surface area contributed by atoms with Crippen LogP contribution in [0.1, 0.15) is 10.4 Å². The number of rotatable bonds is 5. The number of benzene rings is 2. The maximum atomic E-state index is 12.3. The zero-order valence-corrected chi connectivity index (χ0v) is 15.6. The lowest BCUT2D eigenvalue weighted by molar-refractivity contribution is 0.0981. The molecule has 3 aromatic rings. The van der Waals surface area contributed by atoms with Crippen LogP contribution in [0.25, 0.3) is 0 Å². The second-order valence-electron chi connectivity index (χ2n) is 5.02. The highest BCUT2D eigenvalue weighted by molar-refractivity contribution is 9.10. The van der Waals surface area contributed by atoms with Crippen molar-refractivity contribution in [2.45, 2.75) is 4.90 Å². The van der Waals surface area contributed by atoms with Gasteiger partial charge in [-0.25, -0.2) is 23.1 Å².